The zero-order chi connectivity index (χ0) is 30.6. The summed E-state index contributed by atoms with van der Waals surface area (Å²) in [5, 5.41) is 11.1. The van der Waals surface area contributed by atoms with Gasteiger partial charge in [0, 0.05) is 32.7 Å². The van der Waals surface area contributed by atoms with Gasteiger partial charge < -0.3 is 28.8 Å². The maximum absolute atomic E-state index is 12.2. The first-order chi connectivity index (χ1) is 19.9. The van der Waals surface area contributed by atoms with Gasteiger partial charge in [-0.25, -0.2) is 0 Å². The van der Waals surface area contributed by atoms with Crippen molar-refractivity contribution in [2.45, 2.75) is 89.5 Å². The van der Waals surface area contributed by atoms with Gasteiger partial charge in [0.2, 0.25) is 0 Å². The number of carbonyl (C=O) groups excluding carboxylic acids is 4. The molecule has 0 bridgehead atoms. The summed E-state index contributed by atoms with van der Waals surface area (Å²) in [6.45, 7) is 4.46. The SMILES string of the molecule is CC(=O)OC[C@H]1O[C@@H](c2ccc(Cl)c(Cc3ccc(C4(O)CCC4)cc3)c2)[C@H](OC(C)=O)[C@@H](OC(C)=O)C1OC(C)=O. The lowest BCUT2D eigenvalue weighted by Crippen LogP contribution is -2.59. The van der Waals surface area contributed by atoms with Crippen molar-refractivity contribution in [2.75, 3.05) is 6.61 Å². The van der Waals surface area contributed by atoms with E-state index in [2.05, 4.69) is 0 Å². The molecule has 11 heteroatoms. The first-order valence-corrected chi connectivity index (χ1v) is 14.1. The lowest BCUT2D eigenvalue weighted by molar-refractivity contribution is -0.254. The molecule has 42 heavy (non-hydrogen) atoms. The quantitative estimate of drug-likeness (QED) is 0.330. The molecule has 10 nitrogen and oxygen atoms in total. The van der Waals surface area contributed by atoms with E-state index in [0.717, 1.165) is 36.0 Å². The van der Waals surface area contributed by atoms with Gasteiger partial charge in [-0.1, -0.05) is 48.0 Å². The minimum absolute atomic E-state index is 0.312. The fraction of sp³-hybridized carbons (Fsp3) is 0.484. The zero-order valence-electron chi connectivity index (χ0n) is 24.0. The van der Waals surface area contributed by atoms with Crippen LogP contribution in [0, 0.1) is 0 Å². The second-order valence-corrected chi connectivity index (χ2v) is 11.1. The highest BCUT2D eigenvalue weighted by molar-refractivity contribution is 6.31. The lowest BCUT2D eigenvalue weighted by atomic mass is 9.75. The third-order valence-corrected chi connectivity index (χ3v) is 7.82. The van der Waals surface area contributed by atoms with Gasteiger partial charge in [-0.05, 0) is 54.0 Å². The Kier molecular flexibility index (Phi) is 9.91. The topological polar surface area (TPSA) is 135 Å². The molecule has 1 aliphatic heterocycles. The molecule has 0 amide bonds. The van der Waals surface area contributed by atoms with Crippen LogP contribution in [-0.4, -0.2) is 60.0 Å². The molecule has 2 aromatic rings. The second-order valence-electron chi connectivity index (χ2n) is 10.7. The van der Waals surface area contributed by atoms with Gasteiger partial charge in [-0.3, -0.25) is 19.2 Å². The first-order valence-electron chi connectivity index (χ1n) is 13.8. The predicted molar refractivity (Wildman–Crippen MR) is 149 cm³/mol. The van der Waals surface area contributed by atoms with Crippen molar-refractivity contribution in [2.24, 2.45) is 0 Å². The summed E-state index contributed by atoms with van der Waals surface area (Å²) in [6, 6.07) is 12.9. The van der Waals surface area contributed by atoms with Crippen LogP contribution in [0.1, 0.15) is 75.3 Å². The average molecular weight is 603 g/mol. The minimum Gasteiger partial charge on any atom is -0.463 e. The Morgan fingerprint density at radius 1 is 0.857 bits per heavy atom. The standard InChI is InChI=1S/C31H35ClO10/c1-17(33)38-16-26-28(39-18(2)34)30(41-20(4)36)29(40-19(3)35)27(42-26)22-8-11-25(32)23(15-22)14-21-6-9-24(10-7-21)31(37)12-5-13-31/h6-11,15,26-30,37H,5,12-14,16H2,1-4H3/t26-,27+,28?,29+,30+/m1/s1. The summed E-state index contributed by atoms with van der Waals surface area (Å²) in [4.78, 5) is 48.0. The van der Waals surface area contributed by atoms with Crippen LogP contribution in [-0.2, 0) is 54.9 Å². The summed E-state index contributed by atoms with van der Waals surface area (Å²) in [7, 11) is 0. The van der Waals surface area contributed by atoms with Crippen molar-refractivity contribution in [3.63, 3.8) is 0 Å². The van der Waals surface area contributed by atoms with Gasteiger partial charge in [-0.15, -0.1) is 0 Å². The monoisotopic (exact) mass is 602 g/mol. The molecule has 1 aliphatic carbocycles. The van der Waals surface area contributed by atoms with Gasteiger partial charge >= 0.3 is 23.9 Å². The molecule has 1 unspecified atom stereocenters. The van der Waals surface area contributed by atoms with Crippen LogP contribution in [0.5, 0.6) is 0 Å². The number of hydrogen-bond donors (Lipinski definition) is 1. The third kappa shape index (κ3) is 7.48. The molecular weight excluding hydrogens is 568 g/mol. The Bertz CT molecular complexity index is 1320. The number of halogens is 1. The number of esters is 4. The highest BCUT2D eigenvalue weighted by Gasteiger charge is 2.52. The van der Waals surface area contributed by atoms with Crippen molar-refractivity contribution in [1.29, 1.82) is 0 Å². The van der Waals surface area contributed by atoms with E-state index in [9.17, 15) is 24.3 Å². The number of rotatable bonds is 9. The van der Waals surface area contributed by atoms with Crippen LogP contribution in [0.15, 0.2) is 42.5 Å². The fourth-order valence-corrected chi connectivity index (χ4v) is 5.54. The molecule has 5 atom stereocenters. The Hall–Kier alpha value is -3.47. The van der Waals surface area contributed by atoms with Crippen molar-refractivity contribution in [1.82, 2.24) is 0 Å². The van der Waals surface area contributed by atoms with Gasteiger partial charge in [0.05, 0.1) is 5.60 Å². The Balaban J connectivity index is 1.69. The van der Waals surface area contributed by atoms with Crippen molar-refractivity contribution >= 4 is 35.5 Å². The number of carbonyl (C=O) groups is 4. The highest BCUT2D eigenvalue weighted by Crippen LogP contribution is 2.41. The molecule has 2 aliphatic rings. The molecule has 2 fully saturated rings. The average Bonchev–Trinajstić information content (AvgIpc) is 2.89. The smallest absolute Gasteiger partial charge is 0.303 e. The van der Waals surface area contributed by atoms with Crippen LogP contribution >= 0.6 is 11.6 Å². The Labute approximate surface area is 249 Å². The van der Waals surface area contributed by atoms with E-state index in [0.29, 0.717) is 17.0 Å². The molecule has 0 radical (unpaired) electrons. The lowest BCUT2D eigenvalue weighted by Gasteiger charge is -2.44. The maximum atomic E-state index is 12.2. The first kappa shape index (κ1) is 31.5. The summed E-state index contributed by atoms with van der Waals surface area (Å²) in [5.74, 6) is -2.66. The normalized spacial score (nSPS) is 24.6. The van der Waals surface area contributed by atoms with E-state index in [1.54, 1.807) is 18.2 Å². The molecule has 2 aromatic carbocycles. The van der Waals surface area contributed by atoms with Crippen LogP contribution in [0.2, 0.25) is 5.02 Å². The maximum Gasteiger partial charge on any atom is 0.303 e. The van der Waals surface area contributed by atoms with Crippen molar-refractivity contribution in [3.8, 4) is 0 Å². The highest BCUT2D eigenvalue weighted by atomic mass is 35.5. The largest absolute Gasteiger partial charge is 0.463 e. The van der Waals surface area contributed by atoms with Crippen LogP contribution < -0.4 is 0 Å². The van der Waals surface area contributed by atoms with Crippen molar-refractivity contribution in [3.05, 3.63) is 69.7 Å². The second kappa shape index (κ2) is 13.2. The zero-order valence-corrected chi connectivity index (χ0v) is 24.7. The van der Waals surface area contributed by atoms with E-state index >= 15 is 0 Å². The molecule has 4 rings (SSSR count). The van der Waals surface area contributed by atoms with Gasteiger partial charge in [-0.2, -0.15) is 0 Å². The Morgan fingerprint density at radius 2 is 1.45 bits per heavy atom. The molecule has 1 heterocycles. The van der Waals surface area contributed by atoms with E-state index in [-0.39, 0.29) is 6.61 Å². The van der Waals surface area contributed by atoms with Crippen LogP contribution in [0.3, 0.4) is 0 Å². The van der Waals surface area contributed by atoms with Crippen LogP contribution in [0.25, 0.3) is 0 Å². The number of benzene rings is 2. The van der Waals surface area contributed by atoms with E-state index in [1.165, 1.54) is 27.7 Å². The predicted octanol–water partition coefficient (Wildman–Crippen LogP) is 4.10. The molecule has 1 N–H and O–H groups in total. The minimum atomic E-state index is -1.27. The fourth-order valence-electron chi connectivity index (χ4n) is 5.36. The molecular formula is C31H35ClO10. The number of ether oxygens (including phenoxy) is 5. The number of hydrogen-bond acceptors (Lipinski definition) is 10. The molecule has 0 aromatic heterocycles. The summed E-state index contributed by atoms with van der Waals surface area (Å²) < 4.78 is 28.1. The Morgan fingerprint density at radius 3 is 2.00 bits per heavy atom. The molecule has 226 valence electrons. The van der Waals surface area contributed by atoms with Gasteiger partial charge in [0.25, 0.3) is 0 Å². The van der Waals surface area contributed by atoms with E-state index < -0.39 is 60.0 Å². The molecule has 0 spiro atoms. The molecule has 1 saturated heterocycles. The number of aliphatic hydroxyl groups is 1. The van der Waals surface area contributed by atoms with E-state index in [4.69, 9.17) is 35.3 Å². The van der Waals surface area contributed by atoms with Gasteiger partial charge in [0.1, 0.15) is 18.8 Å². The third-order valence-electron chi connectivity index (χ3n) is 7.46. The summed E-state index contributed by atoms with van der Waals surface area (Å²) in [6.07, 6.45) is -2.82. The summed E-state index contributed by atoms with van der Waals surface area (Å²) >= 11 is 6.58. The van der Waals surface area contributed by atoms with Crippen LogP contribution in [0.4, 0.5) is 0 Å². The molecule has 1 saturated carbocycles. The van der Waals surface area contributed by atoms with E-state index in [1.807, 2.05) is 24.3 Å². The van der Waals surface area contributed by atoms with Crippen molar-refractivity contribution < 1.29 is 48.0 Å². The summed E-state index contributed by atoms with van der Waals surface area (Å²) in [5.41, 5.74) is 2.38. The van der Waals surface area contributed by atoms with Gasteiger partial charge in [0.15, 0.2) is 18.3 Å².